The number of benzene rings is 2. The highest BCUT2D eigenvalue weighted by molar-refractivity contribution is 9.10. The standard InChI is InChI=1S/C17H15BrN2O/c18-14-7-6-12(8-9-19)16(11-14)21-15-5-1-3-13-4-2-10-20-17(13)15/h1-7,10-11H,8-9,19H2. The Labute approximate surface area is 131 Å². The van der Waals surface area contributed by atoms with Crippen LogP contribution in [-0.4, -0.2) is 11.5 Å². The van der Waals surface area contributed by atoms with Gasteiger partial charge in [-0.3, -0.25) is 4.98 Å². The van der Waals surface area contributed by atoms with Crippen LogP contribution >= 0.6 is 15.9 Å². The molecule has 3 rings (SSSR count). The molecule has 0 bridgehead atoms. The summed E-state index contributed by atoms with van der Waals surface area (Å²) in [6.07, 6.45) is 2.55. The summed E-state index contributed by atoms with van der Waals surface area (Å²) >= 11 is 3.48. The van der Waals surface area contributed by atoms with Crippen LogP contribution < -0.4 is 10.5 Å². The highest BCUT2D eigenvalue weighted by Crippen LogP contribution is 2.32. The maximum atomic E-state index is 6.11. The lowest BCUT2D eigenvalue weighted by molar-refractivity contribution is 0.480. The van der Waals surface area contributed by atoms with Crippen molar-refractivity contribution in [1.82, 2.24) is 4.98 Å². The van der Waals surface area contributed by atoms with E-state index in [0.717, 1.165) is 38.9 Å². The Kier molecular flexibility index (Phi) is 4.18. The van der Waals surface area contributed by atoms with E-state index in [1.807, 2.05) is 48.5 Å². The van der Waals surface area contributed by atoms with Crippen LogP contribution in [0.5, 0.6) is 11.5 Å². The average molecular weight is 343 g/mol. The Morgan fingerprint density at radius 2 is 1.90 bits per heavy atom. The molecule has 0 aliphatic carbocycles. The third-order valence-electron chi connectivity index (χ3n) is 3.26. The number of nitrogens with zero attached hydrogens (tertiary/aromatic N) is 1. The maximum absolute atomic E-state index is 6.11. The van der Waals surface area contributed by atoms with Crippen molar-refractivity contribution in [3.8, 4) is 11.5 Å². The first kappa shape index (κ1) is 14.0. The Morgan fingerprint density at radius 3 is 2.76 bits per heavy atom. The molecular weight excluding hydrogens is 328 g/mol. The highest BCUT2D eigenvalue weighted by Gasteiger charge is 2.08. The van der Waals surface area contributed by atoms with Gasteiger partial charge in [-0.05, 0) is 42.8 Å². The highest BCUT2D eigenvalue weighted by atomic mass is 79.9. The molecule has 0 aliphatic heterocycles. The van der Waals surface area contributed by atoms with Crippen molar-refractivity contribution in [3.05, 3.63) is 64.8 Å². The van der Waals surface area contributed by atoms with Gasteiger partial charge in [0.05, 0.1) is 0 Å². The average Bonchev–Trinajstić information content (AvgIpc) is 2.50. The van der Waals surface area contributed by atoms with E-state index in [2.05, 4.69) is 20.9 Å². The topological polar surface area (TPSA) is 48.1 Å². The summed E-state index contributed by atoms with van der Waals surface area (Å²) in [4.78, 5) is 4.41. The number of hydrogen-bond acceptors (Lipinski definition) is 3. The van der Waals surface area contributed by atoms with Crippen molar-refractivity contribution in [2.45, 2.75) is 6.42 Å². The first-order chi connectivity index (χ1) is 10.3. The van der Waals surface area contributed by atoms with E-state index in [1.54, 1.807) is 6.20 Å². The predicted molar refractivity (Wildman–Crippen MR) is 88.7 cm³/mol. The van der Waals surface area contributed by atoms with E-state index in [-0.39, 0.29) is 0 Å². The van der Waals surface area contributed by atoms with E-state index in [4.69, 9.17) is 10.5 Å². The predicted octanol–water partition coefficient (Wildman–Crippen LogP) is 4.29. The maximum Gasteiger partial charge on any atom is 0.153 e. The molecule has 21 heavy (non-hydrogen) atoms. The number of fused-ring (bicyclic) bond motifs is 1. The van der Waals surface area contributed by atoms with Gasteiger partial charge in [-0.15, -0.1) is 0 Å². The fourth-order valence-corrected chi connectivity index (χ4v) is 2.60. The summed E-state index contributed by atoms with van der Waals surface area (Å²) in [7, 11) is 0. The molecule has 0 amide bonds. The lowest BCUT2D eigenvalue weighted by atomic mass is 10.1. The molecule has 0 spiro atoms. The summed E-state index contributed by atoms with van der Waals surface area (Å²) in [5.41, 5.74) is 7.62. The molecule has 4 heteroatoms. The van der Waals surface area contributed by atoms with Gasteiger partial charge in [0.2, 0.25) is 0 Å². The van der Waals surface area contributed by atoms with E-state index >= 15 is 0 Å². The van der Waals surface area contributed by atoms with Gasteiger partial charge < -0.3 is 10.5 Å². The van der Waals surface area contributed by atoms with Gasteiger partial charge in [-0.1, -0.05) is 40.2 Å². The van der Waals surface area contributed by atoms with Crippen LogP contribution in [0.15, 0.2) is 59.2 Å². The minimum absolute atomic E-state index is 0.589. The van der Waals surface area contributed by atoms with E-state index in [1.165, 1.54) is 0 Å². The van der Waals surface area contributed by atoms with Crippen LogP contribution in [0.25, 0.3) is 10.9 Å². The van der Waals surface area contributed by atoms with Gasteiger partial charge in [-0.25, -0.2) is 0 Å². The zero-order chi connectivity index (χ0) is 14.7. The Morgan fingerprint density at radius 1 is 1.05 bits per heavy atom. The van der Waals surface area contributed by atoms with Crippen LogP contribution in [0.4, 0.5) is 0 Å². The van der Waals surface area contributed by atoms with Gasteiger partial charge in [0.1, 0.15) is 11.3 Å². The van der Waals surface area contributed by atoms with Crippen LogP contribution in [0, 0.1) is 0 Å². The molecule has 0 fully saturated rings. The molecule has 2 aromatic carbocycles. The van der Waals surface area contributed by atoms with Crippen molar-refractivity contribution in [1.29, 1.82) is 0 Å². The minimum Gasteiger partial charge on any atom is -0.455 e. The number of pyridine rings is 1. The second kappa shape index (κ2) is 6.24. The fourth-order valence-electron chi connectivity index (χ4n) is 2.26. The molecule has 1 heterocycles. The summed E-state index contributed by atoms with van der Waals surface area (Å²) in [5, 5.41) is 1.06. The SMILES string of the molecule is NCCc1ccc(Br)cc1Oc1cccc2cccnc12. The number of aromatic nitrogens is 1. The number of halogens is 1. The number of hydrogen-bond donors (Lipinski definition) is 1. The largest absolute Gasteiger partial charge is 0.455 e. The second-order valence-electron chi connectivity index (χ2n) is 4.72. The summed E-state index contributed by atoms with van der Waals surface area (Å²) in [5.74, 6) is 1.57. The van der Waals surface area contributed by atoms with Gasteiger partial charge in [0.25, 0.3) is 0 Å². The van der Waals surface area contributed by atoms with Crippen LogP contribution in [0.2, 0.25) is 0 Å². The molecule has 2 N–H and O–H groups in total. The monoisotopic (exact) mass is 342 g/mol. The molecule has 0 aliphatic rings. The first-order valence-electron chi connectivity index (χ1n) is 6.78. The zero-order valence-electron chi connectivity index (χ0n) is 11.4. The van der Waals surface area contributed by atoms with Crippen LogP contribution in [0.1, 0.15) is 5.56 Å². The molecule has 3 nitrogen and oxygen atoms in total. The minimum atomic E-state index is 0.589. The summed E-state index contributed by atoms with van der Waals surface area (Å²) < 4.78 is 7.09. The summed E-state index contributed by atoms with van der Waals surface area (Å²) in [6.45, 7) is 0.589. The van der Waals surface area contributed by atoms with Crippen molar-refractivity contribution in [2.24, 2.45) is 5.73 Å². The second-order valence-corrected chi connectivity index (χ2v) is 5.64. The first-order valence-corrected chi connectivity index (χ1v) is 7.57. The Bertz CT molecular complexity index is 768. The Balaban J connectivity index is 2.04. The molecule has 3 aromatic rings. The van der Waals surface area contributed by atoms with Crippen molar-refractivity contribution in [2.75, 3.05) is 6.54 Å². The van der Waals surface area contributed by atoms with Crippen LogP contribution in [0.3, 0.4) is 0 Å². The molecule has 0 atom stereocenters. The van der Waals surface area contributed by atoms with Crippen LogP contribution in [-0.2, 0) is 6.42 Å². The zero-order valence-corrected chi connectivity index (χ0v) is 13.0. The molecule has 106 valence electrons. The van der Waals surface area contributed by atoms with Gasteiger partial charge in [0, 0.05) is 16.1 Å². The smallest absolute Gasteiger partial charge is 0.153 e. The molecule has 0 saturated carbocycles. The van der Waals surface area contributed by atoms with Crippen molar-refractivity contribution >= 4 is 26.8 Å². The van der Waals surface area contributed by atoms with Crippen molar-refractivity contribution in [3.63, 3.8) is 0 Å². The third-order valence-corrected chi connectivity index (χ3v) is 3.75. The quantitative estimate of drug-likeness (QED) is 0.769. The number of para-hydroxylation sites is 1. The van der Waals surface area contributed by atoms with Gasteiger partial charge in [-0.2, -0.15) is 0 Å². The lowest BCUT2D eigenvalue weighted by Crippen LogP contribution is -2.04. The number of nitrogens with two attached hydrogens (primary N) is 1. The summed E-state index contributed by atoms with van der Waals surface area (Å²) in [6, 6.07) is 15.9. The van der Waals surface area contributed by atoms with E-state index < -0.39 is 0 Å². The molecule has 0 unspecified atom stereocenters. The fraction of sp³-hybridized carbons (Fsp3) is 0.118. The normalized spacial score (nSPS) is 10.8. The molecule has 1 aromatic heterocycles. The molecular formula is C17H15BrN2O. The number of rotatable bonds is 4. The Hall–Kier alpha value is -1.91. The van der Waals surface area contributed by atoms with Gasteiger partial charge >= 0.3 is 0 Å². The third kappa shape index (κ3) is 3.06. The van der Waals surface area contributed by atoms with E-state index in [0.29, 0.717) is 6.54 Å². The van der Waals surface area contributed by atoms with Crippen molar-refractivity contribution < 1.29 is 4.74 Å². The van der Waals surface area contributed by atoms with Gasteiger partial charge in [0.15, 0.2) is 5.75 Å². The molecule has 0 saturated heterocycles. The molecule has 0 radical (unpaired) electrons. The van der Waals surface area contributed by atoms with E-state index in [9.17, 15) is 0 Å². The number of ether oxygens (including phenoxy) is 1. The lowest BCUT2D eigenvalue weighted by Gasteiger charge is -2.12.